The van der Waals surface area contributed by atoms with Crippen molar-refractivity contribution in [3.8, 4) is 5.75 Å². The number of carbonyl (C=O) groups excluding carboxylic acids is 1. The molecule has 106 valence electrons. The quantitative estimate of drug-likeness (QED) is 0.760. The van der Waals surface area contributed by atoms with Crippen molar-refractivity contribution in [1.82, 2.24) is 4.57 Å². The highest BCUT2D eigenvalue weighted by atomic mass is 16.5. The highest BCUT2D eigenvalue weighted by Gasteiger charge is 2.22. The van der Waals surface area contributed by atoms with E-state index in [2.05, 4.69) is 0 Å². The Morgan fingerprint density at radius 1 is 1.20 bits per heavy atom. The van der Waals surface area contributed by atoms with Crippen LogP contribution in [0.5, 0.6) is 5.75 Å². The number of hydrogen-bond acceptors (Lipinski definition) is 3. The molecule has 0 aliphatic carbocycles. The fourth-order valence-corrected chi connectivity index (χ4v) is 2.10. The van der Waals surface area contributed by atoms with E-state index in [9.17, 15) is 4.79 Å². The lowest BCUT2D eigenvalue weighted by Crippen LogP contribution is -2.20. The van der Waals surface area contributed by atoms with Crippen LogP contribution in [0.3, 0.4) is 0 Å². The lowest BCUT2D eigenvalue weighted by Gasteiger charge is -2.17. The second-order valence-corrected chi connectivity index (χ2v) is 4.46. The van der Waals surface area contributed by atoms with Gasteiger partial charge in [0.25, 0.3) is 0 Å². The van der Waals surface area contributed by atoms with Gasteiger partial charge in [0.05, 0.1) is 19.6 Å². The Morgan fingerprint density at radius 2 is 1.85 bits per heavy atom. The van der Waals surface area contributed by atoms with Crippen LogP contribution in [-0.2, 0) is 16.1 Å². The molecule has 0 fully saturated rings. The summed E-state index contributed by atoms with van der Waals surface area (Å²) < 4.78 is 12.3. The molecule has 1 atom stereocenters. The number of aromatic nitrogens is 1. The minimum atomic E-state index is -0.312. The van der Waals surface area contributed by atoms with E-state index >= 15 is 0 Å². The Bertz CT molecular complexity index is 531. The minimum absolute atomic E-state index is 0.202. The average molecular weight is 273 g/mol. The zero-order chi connectivity index (χ0) is 14.4. The first-order valence-corrected chi connectivity index (χ1v) is 6.66. The van der Waals surface area contributed by atoms with E-state index in [0.29, 0.717) is 13.2 Å². The molecule has 0 N–H and O–H groups in total. The Kier molecular flexibility index (Phi) is 4.82. The smallest absolute Gasteiger partial charge is 0.315 e. The Labute approximate surface area is 118 Å². The van der Waals surface area contributed by atoms with Crippen molar-refractivity contribution in [2.24, 2.45) is 0 Å². The van der Waals surface area contributed by atoms with Gasteiger partial charge in [-0.1, -0.05) is 12.1 Å². The van der Waals surface area contributed by atoms with Gasteiger partial charge in [-0.15, -0.1) is 0 Å². The van der Waals surface area contributed by atoms with Gasteiger partial charge in [0.2, 0.25) is 0 Å². The number of methoxy groups -OCH3 is 1. The van der Waals surface area contributed by atoms with E-state index in [4.69, 9.17) is 9.47 Å². The summed E-state index contributed by atoms with van der Waals surface area (Å²) in [6.07, 6.45) is 3.88. The number of esters is 1. The molecule has 0 amide bonds. The molecule has 4 heteroatoms. The summed E-state index contributed by atoms with van der Waals surface area (Å²) in [6, 6.07) is 11.4. The van der Waals surface area contributed by atoms with Gasteiger partial charge in [0, 0.05) is 18.9 Å². The number of benzene rings is 1. The molecular formula is C16H19NO3. The van der Waals surface area contributed by atoms with E-state index in [1.54, 1.807) is 7.11 Å². The number of ether oxygens (including phenoxy) is 2. The zero-order valence-corrected chi connectivity index (χ0v) is 11.8. The molecular weight excluding hydrogens is 254 g/mol. The topological polar surface area (TPSA) is 40.5 Å². The van der Waals surface area contributed by atoms with Gasteiger partial charge >= 0.3 is 5.97 Å². The molecule has 1 aromatic carbocycles. The number of nitrogens with zero attached hydrogens (tertiary/aromatic N) is 1. The van der Waals surface area contributed by atoms with Crippen LogP contribution in [0.1, 0.15) is 18.4 Å². The van der Waals surface area contributed by atoms with Crippen LogP contribution >= 0.6 is 0 Å². The SMILES string of the molecule is CCOC(=O)C(Cn1cccc1)c1ccc(OC)cc1. The third-order valence-electron chi connectivity index (χ3n) is 3.15. The lowest BCUT2D eigenvalue weighted by atomic mass is 9.99. The summed E-state index contributed by atoms with van der Waals surface area (Å²) >= 11 is 0. The number of rotatable bonds is 6. The maximum absolute atomic E-state index is 12.2. The molecule has 2 aromatic rings. The number of carbonyl (C=O) groups is 1. The fraction of sp³-hybridized carbons (Fsp3) is 0.312. The molecule has 1 heterocycles. The average Bonchev–Trinajstić information content (AvgIpc) is 2.98. The molecule has 0 aliphatic rings. The molecule has 2 rings (SSSR count). The number of hydrogen-bond donors (Lipinski definition) is 0. The van der Waals surface area contributed by atoms with Crippen molar-refractivity contribution in [2.45, 2.75) is 19.4 Å². The highest BCUT2D eigenvalue weighted by Crippen LogP contribution is 2.22. The monoisotopic (exact) mass is 273 g/mol. The largest absolute Gasteiger partial charge is 0.497 e. The molecule has 4 nitrogen and oxygen atoms in total. The molecule has 0 saturated heterocycles. The molecule has 0 spiro atoms. The Balaban J connectivity index is 2.22. The van der Waals surface area contributed by atoms with Crippen LogP contribution < -0.4 is 4.74 Å². The molecule has 1 aromatic heterocycles. The maximum Gasteiger partial charge on any atom is 0.315 e. The normalized spacial score (nSPS) is 11.9. The van der Waals surface area contributed by atoms with Crippen molar-refractivity contribution < 1.29 is 14.3 Å². The zero-order valence-electron chi connectivity index (χ0n) is 11.8. The van der Waals surface area contributed by atoms with Crippen molar-refractivity contribution >= 4 is 5.97 Å². The summed E-state index contributed by atoms with van der Waals surface area (Å²) in [5.41, 5.74) is 0.929. The van der Waals surface area contributed by atoms with Crippen LogP contribution in [0, 0.1) is 0 Å². The molecule has 0 radical (unpaired) electrons. The predicted octanol–water partition coefficient (Wildman–Crippen LogP) is 2.84. The molecule has 0 bridgehead atoms. The molecule has 20 heavy (non-hydrogen) atoms. The van der Waals surface area contributed by atoms with Gasteiger partial charge in [0.15, 0.2) is 0 Å². The first-order chi connectivity index (χ1) is 9.74. The third-order valence-corrected chi connectivity index (χ3v) is 3.15. The van der Waals surface area contributed by atoms with Crippen LogP contribution in [0.2, 0.25) is 0 Å². The summed E-state index contributed by atoms with van der Waals surface area (Å²) in [5, 5.41) is 0. The van der Waals surface area contributed by atoms with Crippen molar-refractivity contribution in [2.75, 3.05) is 13.7 Å². The first-order valence-electron chi connectivity index (χ1n) is 6.66. The maximum atomic E-state index is 12.2. The van der Waals surface area contributed by atoms with Gasteiger partial charge in [-0.2, -0.15) is 0 Å². The molecule has 0 aliphatic heterocycles. The van der Waals surface area contributed by atoms with Crippen LogP contribution in [0.15, 0.2) is 48.8 Å². The first kappa shape index (κ1) is 14.2. The van der Waals surface area contributed by atoms with Crippen LogP contribution in [0.4, 0.5) is 0 Å². The van der Waals surface area contributed by atoms with Gasteiger partial charge in [-0.25, -0.2) is 0 Å². The minimum Gasteiger partial charge on any atom is -0.497 e. The molecule has 1 unspecified atom stereocenters. The van der Waals surface area contributed by atoms with Crippen molar-refractivity contribution in [1.29, 1.82) is 0 Å². The predicted molar refractivity (Wildman–Crippen MR) is 76.8 cm³/mol. The second kappa shape index (κ2) is 6.80. The van der Waals surface area contributed by atoms with Gasteiger partial charge < -0.3 is 14.0 Å². The summed E-state index contributed by atoms with van der Waals surface area (Å²) in [7, 11) is 1.62. The third kappa shape index (κ3) is 3.41. The van der Waals surface area contributed by atoms with E-state index in [-0.39, 0.29) is 11.9 Å². The van der Waals surface area contributed by atoms with E-state index in [0.717, 1.165) is 11.3 Å². The fourth-order valence-electron chi connectivity index (χ4n) is 2.10. The Hall–Kier alpha value is -2.23. The summed E-state index contributed by atoms with van der Waals surface area (Å²) in [4.78, 5) is 12.2. The van der Waals surface area contributed by atoms with Crippen molar-refractivity contribution in [3.63, 3.8) is 0 Å². The van der Waals surface area contributed by atoms with E-state index in [1.807, 2.05) is 60.3 Å². The van der Waals surface area contributed by atoms with Crippen LogP contribution in [0.25, 0.3) is 0 Å². The summed E-state index contributed by atoms with van der Waals surface area (Å²) in [5.74, 6) is 0.261. The summed E-state index contributed by atoms with van der Waals surface area (Å²) in [6.45, 7) is 2.77. The highest BCUT2D eigenvalue weighted by molar-refractivity contribution is 5.78. The molecule has 0 saturated carbocycles. The van der Waals surface area contributed by atoms with Gasteiger partial charge in [-0.05, 0) is 36.8 Å². The van der Waals surface area contributed by atoms with Gasteiger partial charge in [-0.3, -0.25) is 4.79 Å². The van der Waals surface area contributed by atoms with Gasteiger partial charge in [0.1, 0.15) is 5.75 Å². The lowest BCUT2D eigenvalue weighted by molar-refractivity contribution is -0.145. The van der Waals surface area contributed by atoms with Crippen molar-refractivity contribution in [3.05, 3.63) is 54.4 Å². The standard InChI is InChI=1S/C16H19NO3/c1-3-20-16(18)15(12-17-10-4-5-11-17)13-6-8-14(19-2)9-7-13/h4-11,15H,3,12H2,1-2H3. The van der Waals surface area contributed by atoms with E-state index in [1.165, 1.54) is 0 Å². The Morgan fingerprint density at radius 3 is 2.40 bits per heavy atom. The van der Waals surface area contributed by atoms with Crippen LogP contribution in [-0.4, -0.2) is 24.3 Å². The second-order valence-electron chi connectivity index (χ2n) is 4.46. The van der Waals surface area contributed by atoms with E-state index < -0.39 is 0 Å².